The second-order valence-electron chi connectivity index (χ2n) is 11.1. The monoisotopic (exact) mass is 516 g/mol. The number of likely N-dealkylation sites (tertiary alicyclic amines) is 1. The molecule has 1 saturated carbocycles. The number of H-pyrrole nitrogens is 1. The summed E-state index contributed by atoms with van der Waals surface area (Å²) in [6, 6.07) is 16.6. The number of aldehydes is 1. The number of imidazole rings is 1. The summed E-state index contributed by atoms with van der Waals surface area (Å²) in [5, 5.41) is 3.64. The average molecular weight is 517 g/mol. The maximum Gasteiger partial charge on any atom is 0.141 e. The Hall–Kier alpha value is -3.00. The summed E-state index contributed by atoms with van der Waals surface area (Å²) in [7, 11) is 1.67. The van der Waals surface area contributed by atoms with Gasteiger partial charge in [-0.05, 0) is 80.3 Å². The van der Waals surface area contributed by atoms with Crippen LogP contribution in [-0.2, 0) is 28.0 Å². The highest BCUT2D eigenvalue weighted by Gasteiger charge is 2.49. The van der Waals surface area contributed by atoms with Gasteiger partial charge in [-0.2, -0.15) is 0 Å². The first-order valence-corrected chi connectivity index (χ1v) is 13.8. The number of nitrogens with one attached hydrogen (secondary N) is 2. The Morgan fingerprint density at radius 3 is 2.63 bits per heavy atom. The van der Waals surface area contributed by atoms with Gasteiger partial charge in [-0.3, -0.25) is 4.90 Å². The lowest BCUT2D eigenvalue weighted by Crippen LogP contribution is -2.67. The maximum absolute atomic E-state index is 12.8. The number of aromatic nitrogens is 2. The predicted octanol–water partition coefficient (Wildman–Crippen LogP) is 4.07. The van der Waals surface area contributed by atoms with Gasteiger partial charge in [0.2, 0.25) is 0 Å². The number of ether oxygens (including phenoxy) is 2. The lowest BCUT2D eigenvalue weighted by atomic mass is 9.81. The van der Waals surface area contributed by atoms with E-state index in [9.17, 15) is 4.79 Å². The summed E-state index contributed by atoms with van der Waals surface area (Å²) in [5.41, 5.74) is 3.75. The number of aromatic amines is 1. The van der Waals surface area contributed by atoms with E-state index < -0.39 is 5.54 Å². The minimum atomic E-state index is -0.697. The van der Waals surface area contributed by atoms with Gasteiger partial charge in [0.25, 0.3) is 0 Å². The molecule has 0 bridgehead atoms. The fourth-order valence-electron chi connectivity index (χ4n) is 5.61. The van der Waals surface area contributed by atoms with Gasteiger partial charge in [-0.1, -0.05) is 36.4 Å². The van der Waals surface area contributed by atoms with E-state index in [1.807, 2.05) is 18.3 Å². The van der Waals surface area contributed by atoms with Gasteiger partial charge >= 0.3 is 0 Å². The molecular weight excluding hydrogens is 476 g/mol. The fraction of sp³-hybridized carbons (Fsp3) is 0.484. The number of methoxy groups -OCH3 is 1. The first-order chi connectivity index (χ1) is 18.5. The van der Waals surface area contributed by atoms with E-state index in [0.29, 0.717) is 18.9 Å². The van der Waals surface area contributed by atoms with Gasteiger partial charge in [-0.15, -0.1) is 0 Å². The Morgan fingerprint density at radius 1 is 1.18 bits per heavy atom. The van der Waals surface area contributed by atoms with E-state index in [0.717, 1.165) is 62.4 Å². The van der Waals surface area contributed by atoms with Crippen LogP contribution in [0.4, 0.5) is 0 Å². The molecule has 7 nitrogen and oxygen atoms in total. The Balaban J connectivity index is 1.29. The standard InChI is InChI=1S/C31H40N4O3/c1-24-6-3-4-8-29(24)31(38-18-26-9-10-26)20-35(21-31)19-30(22-36,16-25-11-13-28(37-2)14-12-25)34-15-5-7-27-17-32-23-33-27/h3-4,6,8,11-14,17,22-23,26,34H,5,7,9-10,15-16,18-21H2,1-2H3,(H,32,33). The van der Waals surface area contributed by atoms with Crippen molar-refractivity contribution in [1.82, 2.24) is 20.2 Å². The molecule has 2 aromatic carbocycles. The number of rotatable bonds is 15. The molecule has 0 spiro atoms. The Kier molecular flexibility index (Phi) is 8.27. The van der Waals surface area contributed by atoms with Crippen molar-refractivity contribution in [1.29, 1.82) is 0 Å². The third-order valence-electron chi connectivity index (χ3n) is 7.95. The maximum atomic E-state index is 12.8. The van der Waals surface area contributed by atoms with Crippen molar-refractivity contribution >= 4 is 6.29 Å². The van der Waals surface area contributed by atoms with E-state index in [4.69, 9.17) is 9.47 Å². The minimum Gasteiger partial charge on any atom is -0.497 e. The highest BCUT2D eigenvalue weighted by atomic mass is 16.5. The number of carbonyl (C=O) groups excluding carboxylic acids is 1. The number of hydrogen-bond acceptors (Lipinski definition) is 6. The second-order valence-corrected chi connectivity index (χ2v) is 11.1. The van der Waals surface area contributed by atoms with Gasteiger partial charge in [0.05, 0.1) is 25.6 Å². The van der Waals surface area contributed by atoms with Crippen molar-refractivity contribution in [2.75, 3.05) is 39.9 Å². The van der Waals surface area contributed by atoms with E-state index in [1.54, 1.807) is 13.4 Å². The van der Waals surface area contributed by atoms with Crippen LogP contribution in [0.1, 0.15) is 41.6 Å². The molecule has 5 rings (SSSR count). The molecule has 1 aromatic heterocycles. The molecule has 202 valence electrons. The molecule has 2 aliphatic rings. The van der Waals surface area contributed by atoms with Gasteiger partial charge in [0.15, 0.2) is 0 Å². The number of carbonyl (C=O) groups is 1. The number of benzene rings is 2. The number of aryl methyl sites for hydroxylation is 2. The summed E-state index contributed by atoms with van der Waals surface area (Å²) in [4.78, 5) is 22.4. The highest BCUT2D eigenvalue weighted by molar-refractivity contribution is 5.66. The van der Waals surface area contributed by atoms with Gasteiger partial charge < -0.3 is 24.6 Å². The smallest absolute Gasteiger partial charge is 0.141 e. The molecule has 1 atom stereocenters. The van der Waals surface area contributed by atoms with E-state index in [-0.39, 0.29) is 5.60 Å². The molecule has 2 N–H and O–H groups in total. The molecule has 2 heterocycles. The van der Waals surface area contributed by atoms with Gasteiger partial charge in [0, 0.05) is 31.5 Å². The molecule has 1 aliphatic heterocycles. The molecule has 1 unspecified atom stereocenters. The van der Waals surface area contributed by atoms with Crippen LogP contribution in [0.5, 0.6) is 5.75 Å². The molecule has 0 amide bonds. The van der Waals surface area contributed by atoms with Crippen LogP contribution >= 0.6 is 0 Å². The van der Waals surface area contributed by atoms with Gasteiger partial charge in [-0.25, -0.2) is 4.98 Å². The SMILES string of the molecule is COc1ccc(CC(C=O)(CN2CC(OCC3CC3)(c3ccccc3C)C2)NCCCc2cnc[nH]2)cc1. The predicted molar refractivity (Wildman–Crippen MR) is 148 cm³/mol. The van der Waals surface area contributed by atoms with Crippen LogP contribution in [0.2, 0.25) is 0 Å². The van der Waals surface area contributed by atoms with Crippen LogP contribution in [0.3, 0.4) is 0 Å². The summed E-state index contributed by atoms with van der Waals surface area (Å²) >= 11 is 0. The van der Waals surface area contributed by atoms with Crippen LogP contribution in [0.25, 0.3) is 0 Å². The van der Waals surface area contributed by atoms with Crippen molar-refractivity contribution in [2.24, 2.45) is 5.92 Å². The van der Waals surface area contributed by atoms with E-state index in [1.165, 1.54) is 24.0 Å². The third kappa shape index (κ3) is 6.34. The van der Waals surface area contributed by atoms with Crippen LogP contribution < -0.4 is 10.1 Å². The molecule has 3 aromatic rings. The second kappa shape index (κ2) is 11.8. The van der Waals surface area contributed by atoms with Crippen molar-refractivity contribution in [3.63, 3.8) is 0 Å². The molecule has 1 aliphatic carbocycles. The Bertz CT molecular complexity index is 1170. The molecule has 2 fully saturated rings. The molecule has 38 heavy (non-hydrogen) atoms. The largest absolute Gasteiger partial charge is 0.497 e. The number of nitrogens with zero attached hydrogens (tertiary/aromatic N) is 2. The van der Waals surface area contributed by atoms with Crippen LogP contribution in [-0.4, -0.2) is 66.6 Å². The zero-order valence-electron chi connectivity index (χ0n) is 22.6. The quantitative estimate of drug-likeness (QED) is 0.234. The normalized spacial score (nSPS) is 18.5. The first-order valence-electron chi connectivity index (χ1n) is 13.8. The Labute approximate surface area is 226 Å². The van der Waals surface area contributed by atoms with Crippen molar-refractivity contribution in [3.05, 3.63) is 83.4 Å². The molecule has 7 heteroatoms. The molecule has 1 saturated heterocycles. The zero-order chi connectivity index (χ0) is 26.4. The summed E-state index contributed by atoms with van der Waals surface area (Å²) in [5.74, 6) is 1.52. The van der Waals surface area contributed by atoms with Crippen molar-refractivity contribution < 1.29 is 14.3 Å². The first kappa shape index (κ1) is 26.6. The fourth-order valence-corrected chi connectivity index (χ4v) is 5.61. The van der Waals surface area contributed by atoms with Crippen LogP contribution in [0, 0.1) is 12.8 Å². The van der Waals surface area contributed by atoms with E-state index in [2.05, 4.69) is 63.5 Å². The topological polar surface area (TPSA) is 79.5 Å². The summed E-state index contributed by atoms with van der Waals surface area (Å²) in [6.45, 7) is 5.94. The van der Waals surface area contributed by atoms with Crippen molar-refractivity contribution in [3.8, 4) is 5.75 Å². The third-order valence-corrected chi connectivity index (χ3v) is 7.95. The van der Waals surface area contributed by atoms with Gasteiger partial charge in [0.1, 0.15) is 17.6 Å². The molecular formula is C31H40N4O3. The lowest BCUT2D eigenvalue weighted by Gasteiger charge is -2.53. The minimum absolute atomic E-state index is 0.302. The van der Waals surface area contributed by atoms with Crippen LogP contribution in [0.15, 0.2) is 61.1 Å². The Morgan fingerprint density at radius 2 is 1.97 bits per heavy atom. The summed E-state index contributed by atoms with van der Waals surface area (Å²) < 4.78 is 12.0. The lowest BCUT2D eigenvalue weighted by molar-refractivity contribution is -0.160. The molecule has 0 radical (unpaired) electrons. The summed E-state index contributed by atoms with van der Waals surface area (Å²) in [6.07, 6.45) is 9.64. The zero-order valence-corrected chi connectivity index (χ0v) is 22.6. The highest BCUT2D eigenvalue weighted by Crippen LogP contribution is 2.41. The van der Waals surface area contributed by atoms with E-state index >= 15 is 0 Å². The number of hydrogen-bond donors (Lipinski definition) is 2. The average Bonchev–Trinajstić information content (AvgIpc) is 3.61. The van der Waals surface area contributed by atoms with Crippen molar-refractivity contribution in [2.45, 2.75) is 50.2 Å².